The van der Waals surface area contributed by atoms with Crippen molar-refractivity contribution in [2.75, 3.05) is 0 Å². The van der Waals surface area contributed by atoms with E-state index >= 15 is 0 Å². The minimum absolute atomic E-state index is 0.216. The Balaban J connectivity index is 1.77. The molecule has 134 valence electrons. The van der Waals surface area contributed by atoms with Crippen LogP contribution in [0.1, 0.15) is 36.4 Å². The Morgan fingerprint density at radius 1 is 1.24 bits per heavy atom. The topological polar surface area (TPSA) is 64.8 Å². The summed E-state index contributed by atoms with van der Waals surface area (Å²) in [7, 11) is -4.53. The van der Waals surface area contributed by atoms with Crippen LogP contribution >= 0.6 is 0 Å². The molecule has 1 aliphatic heterocycles. The molecule has 0 bridgehead atoms. The molecule has 25 heavy (non-hydrogen) atoms. The van der Waals surface area contributed by atoms with E-state index in [4.69, 9.17) is 0 Å². The molecule has 0 amide bonds. The molecule has 5 nitrogen and oxygen atoms in total. The van der Waals surface area contributed by atoms with Crippen molar-refractivity contribution in [3.8, 4) is 0 Å². The second kappa shape index (κ2) is 4.99. The van der Waals surface area contributed by atoms with Crippen LogP contribution in [0.2, 0.25) is 0 Å². The number of sulfone groups is 1. The van der Waals surface area contributed by atoms with Gasteiger partial charge in [0.15, 0.2) is 12.0 Å². The van der Waals surface area contributed by atoms with Gasteiger partial charge in [-0.1, -0.05) is 0 Å². The zero-order chi connectivity index (χ0) is 18.1. The predicted molar refractivity (Wildman–Crippen MR) is 73.5 cm³/mol. The van der Waals surface area contributed by atoms with Crippen molar-refractivity contribution in [1.29, 1.82) is 0 Å². The first-order valence-corrected chi connectivity index (χ1v) is 8.83. The van der Waals surface area contributed by atoms with Crippen molar-refractivity contribution >= 4 is 9.84 Å². The average molecular weight is 379 g/mol. The van der Waals surface area contributed by atoms with Gasteiger partial charge in [-0.15, -0.1) is 5.10 Å². The van der Waals surface area contributed by atoms with Crippen LogP contribution < -0.4 is 0 Å². The first-order chi connectivity index (χ1) is 11.6. The van der Waals surface area contributed by atoms with Gasteiger partial charge in [0.1, 0.15) is 16.9 Å². The molecule has 1 fully saturated rings. The number of nitrogens with zero attached hydrogens (tertiary/aromatic N) is 3. The molecule has 1 aromatic carbocycles. The Hall–Kier alpha value is -2.04. The van der Waals surface area contributed by atoms with E-state index in [1.54, 1.807) is 0 Å². The van der Waals surface area contributed by atoms with Crippen molar-refractivity contribution in [3.63, 3.8) is 0 Å². The summed E-state index contributed by atoms with van der Waals surface area (Å²) in [5.74, 6) is -5.35. The molecule has 0 saturated heterocycles. The summed E-state index contributed by atoms with van der Waals surface area (Å²) in [5.41, 5.74) is -0.216. The standard InChI is InChI=1S/C14H10F5N3O2S/c15-6-1-2-8(16)7(3-6)10-4-9(17)12-20-13(21-22(10)12)25(23,24)11-5-14(11,18)19/h1-3,9-11H,4-5H2/t9-,10-,11+/m0/s1. The summed E-state index contributed by atoms with van der Waals surface area (Å²) in [6.07, 6.45) is -2.93. The Labute approximate surface area is 138 Å². The average Bonchev–Trinajstić information content (AvgIpc) is 2.89. The molecule has 0 unspecified atom stereocenters. The van der Waals surface area contributed by atoms with Gasteiger partial charge in [0.05, 0.1) is 6.04 Å². The number of fused-ring (bicyclic) bond motifs is 1. The maximum absolute atomic E-state index is 14.2. The summed E-state index contributed by atoms with van der Waals surface area (Å²) in [5, 5.41) is 0.762. The first kappa shape index (κ1) is 16.4. The van der Waals surface area contributed by atoms with Gasteiger partial charge in [-0.25, -0.2) is 35.1 Å². The first-order valence-electron chi connectivity index (χ1n) is 7.28. The quantitative estimate of drug-likeness (QED) is 0.770. The Kier molecular flexibility index (Phi) is 3.28. The lowest BCUT2D eigenvalue weighted by Crippen LogP contribution is -2.17. The van der Waals surface area contributed by atoms with E-state index < -0.39 is 62.3 Å². The van der Waals surface area contributed by atoms with Crippen LogP contribution in [0.4, 0.5) is 22.0 Å². The van der Waals surface area contributed by atoms with Crippen LogP contribution in [0.3, 0.4) is 0 Å². The van der Waals surface area contributed by atoms with E-state index in [2.05, 4.69) is 10.1 Å². The molecule has 1 aromatic heterocycles. The van der Waals surface area contributed by atoms with Gasteiger partial charge in [0, 0.05) is 18.4 Å². The zero-order valence-electron chi connectivity index (χ0n) is 12.3. The van der Waals surface area contributed by atoms with Crippen LogP contribution in [0.5, 0.6) is 0 Å². The molecule has 2 aliphatic rings. The van der Waals surface area contributed by atoms with E-state index in [1.807, 2.05) is 0 Å². The second-order valence-electron chi connectivity index (χ2n) is 6.08. The van der Waals surface area contributed by atoms with Crippen LogP contribution in [0, 0.1) is 11.6 Å². The van der Waals surface area contributed by atoms with Crippen molar-refractivity contribution in [1.82, 2.24) is 14.8 Å². The van der Waals surface area contributed by atoms with Gasteiger partial charge in [0.25, 0.3) is 11.1 Å². The molecular weight excluding hydrogens is 369 g/mol. The summed E-state index contributed by atoms with van der Waals surface area (Å²) >= 11 is 0. The fraction of sp³-hybridized carbons (Fsp3) is 0.429. The summed E-state index contributed by atoms with van der Waals surface area (Å²) in [6, 6.07) is 1.48. The number of aromatic nitrogens is 3. The van der Waals surface area contributed by atoms with Crippen LogP contribution in [0.15, 0.2) is 23.4 Å². The van der Waals surface area contributed by atoms with Gasteiger partial charge in [-0.05, 0) is 18.2 Å². The molecule has 4 rings (SSSR count). The number of hydrogen-bond acceptors (Lipinski definition) is 4. The highest BCUT2D eigenvalue weighted by atomic mass is 32.2. The number of hydrogen-bond donors (Lipinski definition) is 0. The number of rotatable bonds is 3. The molecule has 1 aliphatic carbocycles. The summed E-state index contributed by atoms with van der Waals surface area (Å²) in [6.45, 7) is 0. The third-order valence-electron chi connectivity index (χ3n) is 4.36. The Bertz CT molecular complexity index is 975. The SMILES string of the molecule is O=S(=O)(c1nc2n(n1)[C@H](c1cc(F)ccc1F)C[C@@H]2F)[C@@H]1CC1(F)F. The van der Waals surface area contributed by atoms with Gasteiger partial charge in [0.2, 0.25) is 9.84 Å². The van der Waals surface area contributed by atoms with Gasteiger partial charge in [-0.3, -0.25) is 0 Å². The molecule has 11 heteroatoms. The van der Waals surface area contributed by atoms with Gasteiger partial charge in [-0.2, -0.15) is 4.98 Å². The van der Waals surface area contributed by atoms with Crippen molar-refractivity contribution in [2.24, 2.45) is 0 Å². The number of halogens is 5. The lowest BCUT2D eigenvalue weighted by molar-refractivity contribution is 0.121. The highest BCUT2D eigenvalue weighted by Gasteiger charge is 2.66. The molecule has 0 spiro atoms. The highest BCUT2D eigenvalue weighted by molar-refractivity contribution is 7.92. The van der Waals surface area contributed by atoms with E-state index in [1.165, 1.54) is 0 Å². The van der Waals surface area contributed by atoms with Crippen LogP contribution in [0.25, 0.3) is 0 Å². The van der Waals surface area contributed by atoms with Crippen molar-refractivity contribution < 1.29 is 30.4 Å². The molecule has 3 atom stereocenters. The third kappa shape index (κ3) is 2.43. The minimum Gasteiger partial charge on any atom is -0.239 e. The summed E-state index contributed by atoms with van der Waals surface area (Å²) in [4.78, 5) is 3.54. The highest BCUT2D eigenvalue weighted by Crippen LogP contribution is 2.49. The lowest BCUT2D eigenvalue weighted by atomic mass is 10.0. The third-order valence-corrected chi connectivity index (χ3v) is 6.30. The molecular formula is C14H10F5N3O2S. The predicted octanol–water partition coefficient (Wildman–Crippen LogP) is 2.74. The molecule has 2 aromatic rings. The number of benzene rings is 1. The molecule has 0 radical (unpaired) electrons. The number of alkyl halides is 3. The van der Waals surface area contributed by atoms with Crippen LogP contribution in [-0.4, -0.2) is 34.4 Å². The molecule has 1 saturated carbocycles. The fourth-order valence-corrected chi connectivity index (χ4v) is 4.53. The zero-order valence-corrected chi connectivity index (χ0v) is 13.2. The monoisotopic (exact) mass is 379 g/mol. The second-order valence-corrected chi connectivity index (χ2v) is 8.11. The fourth-order valence-electron chi connectivity index (χ4n) is 2.96. The maximum Gasteiger partial charge on any atom is 0.267 e. The normalized spacial score (nSPS) is 27.3. The van der Waals surface area contributed by atoms with Crippen molar-refractivity contribution in [2.45, 2.75) is 41.4 Å². The smallest absolute Gasteiger partial charge is 0.239 e. The maximum atomic E-state index is 14.2. The largest absolute Gasteiger partial charge is 0.267 e. The Morgan fingerprint density at radius 2 is 1.92 bits per heavy atom. The Morgan fingerprint density at radius 3 is 2.56 bits per heavy atom. The van der Waals surface area contributed by atoms with E-state index in [0.717, 1.165) is 22.9 Å². The van der Waals surface area contributed by atoms with E-state index in [-0.39, 0.29) is 12.0 Å². The van der Waals surface area contributed by atoms with Crippen LogP contribution in [-0.2, 0) is 9.84 Å². The minimum atomic E-state index is -4.53. The van der Waals surface area contributed by atoms with E-state index in [9.17, 15) is 30.4 Å². The van der Waals surface area contributed by atoms with Gasteiger partial charge < -0.3 is 0 Å². The van der Waals surface area contributed by atoms with E-state index in [0.29, 0.717) is 0 Å². The summed E-state index contributed by atoms with van der Waals surface area (Å²) < 4.78 is 92.7. The molecule has 2 heterocycles. The van der Waals surface area contributed by atoms with Gasteiger partial charge >= 0.3 is 0 Å². The van der Waals surface area contributed by atoms with Crippen molar-refractivity contribution in [3.05, 3.63) is 41.2 Å². The molecule has 0 N–H and O–H groups in total. The lowest BCUT2D eigenvalue weighted by Gasteiger charge is -2.12.